The summed E-state index contributed by atoms with van der Waals surface area (Å²) in [6.07, 6.45) is 3.55. The van der Waals surface area contributed by atoms with Crippen molar-refractivity contribution in [2.75, 3.05) is 0 Å². The first-order chi connectivity index (χ1) is 7.35. The van der Waals surface area contributed by atoms with E-state index in [9.17, 15) is 0 Å². The Morgan fingerprint density at radius 1 is 1.20 bits per heavy atom. The summed E-state index contributed by atoms with van der Waals surface area (Å²) in [5, 5.41) is 17.7. The summed E-state index contributed by atoms with van der Waals surface area (Å²) in [4.78, 5) is 0. The summed E-state index contributed by atoms with van der Waals surface area (Å²) in [6, 6.07) is 13.8. The minimum atomic E-state index is 0.485. The lowest BCUT2D eigenvalue weighted by atomic mass is 10.1. The molecular formula is C12H6N3. The third-order valence-corrected chi connectivity index (χ3v) is 2.07. The van der Waals surface area contributed by atoms with Gasteiger partial charge in [-0.15, -0.1) is 0 Å². The molecule has 1 radical (unpaired) electrons. The molecule has 0 unspecified atom stereocenters. The Morgan fingerprint density at radius 3 is 2.67 bits per heavy atom. The smallest absolute Gasteiger partial charge is 0.101 e. The van der Waals surface area contributed by atoms with Gasteiger partial charge >= 0.3 is 0 Å². The summed E-state index contributed by atoms with van der Waals surface area (Å²) in [5.41, 5.74) is 1.74. The summed E-state index contributed by atoms with van der Waals surface area (Å²) in [6.45, 7) is 0. The lowest BCUT2D eigenvalue weighted by Gasteiger charge is -2.04. The lowest BCUT2D eigenvalue weighted by Crippen LogP contribution is -1.94. The number of benzene rings is 1. The van der Waals surface area contributed by atoms with Crippen LogP contribution in [0, 0.1) is 28.7 Å². The predicted molar refractivity (Wildman–Crippen MR) is 54.0 cm³/mol. The molecule has 3 heteroatoms. The monoisotopic (exact) mass is 192 g/mol. The first kappa shape index (κ1) is 9.05. The molecule has 0 saturated heterocycles. The molecule has 15 heavy (non-hydrogen) atoms. The van der Waals surface area contributed by atoms with Crippen LogP contribution < -0.4 is 0 Å². The molecule has 0 atom stereocenters. The van der Waals surface area contributed by atoms with Crippen LogP contribution in [0.4, 0.5) is 0 Å². The Balaban J connectivity index is 2.60. The third kappa shape index (κ3) is 1.59. The van der Waals surface area contributed by atoms with Crippen LogP contribution in [-0.2, 0) is 0 Å². The van der Waals surface area contributed by atoms with Crippen LogP contribution in [0.2, 0.25) is 0 Å². The normalized spacial score (nSPS) is 9.20. The maximum atomic E-state index is 8.95. The first-order valence-electron chi connectivity index (χ1n) is 4.34. The molecule has 0 aliphatic rings. The van der Waals surface area contributed by atoms with Gasteiger partial charge in [-0.25, -0.2) is 0 Å². The highest BCUT2D eigenvalue weighted by atomic mass is 14.9. The van der Waals surface area contributed by atoms with Gasteiger partial charge in [-0.1, -0.05) is 0 Å². The van der Waals surface area contributed by atoms with Crippen molar-refractivity contribution in [3.63, 3.8) is 0 Å². The van der Waals surface area contributed by atoms with E-state index in [4.69, 9.17) is 10.5 Å². The summed E-state index contributed by atoms with van der Waals surface area (Å²) in [5.74, 6) is 0. The van der Waals surface area contributed by atoms with Crippen molar-refractivity contribution in [3.05, 3.63) is 53.9 Å². The van der Waals surface area contributed by atoms with E-state index in [0.29, 0.717) is 11.1 Å². The zero-order chi connectivity index (χ0) is 10.7. The SMILES string of the molecule is N#Cc1ccc(-n2c[c]cc2)c(C#N)c1. The van der Waals surface area contributed by atoms with Crippen LogP contribution in [0.25, 0.3) is 5.69 Å². The van der Waals surface area contributed by atoms with E-state index in [1.807, 2.05) is 12.3 Å². The summed E-state index contributed by atoms with van der Waals surface area (Å²) >= 11 is 0. The third-order valence-electron chi connectivity index (χ3n) is 2.07. The van der Waals surface area contributed by atoms with Gasteiger partial charge in [-0.2, -0.15) is 10.5 Å². The molecule has 1 aromatic heterocycles. The van der Waals surface area contributed by atoms with Crippen molar-refractivity contribution < 1.29 is 0 Å². The fraction of sp³-hybridized carbons (Fsp3) is 0. The average molecular weight is 192 g/mol. The fourth-order valence-corrected chi connectivity index (χ4v) is 1.36. The van der Waals surface area contributed by atoms with Gasteiger partial charge in [-0.05, 0) is 24.3 Å². The minimum absolute atomic E-state index is 0.485. The Hall–Kier alpha value is -2.52. The van der Waals surface area contributed by atoms with E-state index in [-0.39, 0.29) is 0 Å². The number of nitriles is 2. The number of nitrogens with zero attached hydrogens (tertiary/aromatic N) is 3. The standard InChI is InChI=1S/C12H6N3/c13-8-10-3-4-12(11(7-10)9-14)15-5-1-2-6-15/h1,3-7H. The lowest BCUT2D eigenvalue weighted by molar-refractivity contribution is 1.07. The highest BCUT2D eigenvalue weighted by Gasteiger charge is 2.04. The molecule has 0 fully saturated rings. The average Bonchev–Trinajstić information content (AvgIpc) is 2.81. The van der Waals surface area contributed by atoms with Gasteiger partial charge in [0.05, 0.1) is 22.9 Å². The van der Waals surface area contributed by atoms with Gasteiger partial charge in [-0.3, -0.25) is 0 Å². The van der Waals surface area contributed by atoms with Crippen molar-refractivity contribution in [1.82, 2.24) is 4.57 Å². The molecule has 1 heterocycles. The van der Waals surface area contributed by atoms with E-state index in [1.165, 1.54) is 0 Å². The Morgan fingerprint density at radius 2 is 2.07 bits per heavy atom. The van der Waals surface area contributed by atoms with Crippen molar-refractivity contribution in [2.45, 2.75) is 0 Å². The molecule has 69 valence electrons. The second-order valence-corrected chi connectivity index (χ2v) is 2.97. The Kier molecular flexibility index (Phi) is 2.23. The molecule has 3 nitrogen and oxygen atoms in total. The number of rotatable bonds is 1. The Labute approximate surface area is 87.4 Å². The molecule has 2 aromatic rings. The first-order valence-corrected chi connectivity index (χ1v) is 4.34. The van der Waals surface area contributed by atoms with Gasteiger partial charge < -0.3 is 4.57 Å². The van der Waals surface area contributed by atoms with Crippen molar-refractivity contribution in [3.8, 4) is 17.8 Å². The van der Waals surface area contributed by atoms with Crippen molar-refractivity contribution in [2.24, 2.45) is 0 Å². The number of aromatic nitrogens is 1. The van der Waals surface area contributed by atoms with E-state index < -0.39 is 0 Å². The van der Waals surface area contributed by atoms with Crippen molar-refractivity contribution >= 4 is 0 Å². The quantitative estimate of drug-likeness (QED) is 0.694. The predicted octanol–water partition coefficient (Wildman–Crippen LogP) is 2.02. The molecule has 1 aromatic carbocycles. The van der Waals surface area contributed by atoms with Crippen LogP contribution in [0.15, 0.2) is 36.7 Å². The zero-order valence-electron chi connectivity index (χ0n) is 7.81. The molecule has 0 saturated carbocycles. The molecule has 0 aliphatic heterocycles. The van der Waals surface area contributed by atoms with E-state index >= 15 is 0 Å². The minimum Gasteiger partial charge on any atom is -0.322 e. The topological polar surface area (TPSA) is 52.5 Å². The fourth-order valence-electron chi connectivity index (χ4n) is 1.36. The maximum absolute atomic E-state index is 8.95. The molecule has 0 N–H and O–H groups in total. The van der Waals surface area contributed by atoms with Crippen LogP contribution >= 0.6 is 0 Å². The van der Waals surface area contributed by atoms with E-state index in [1.54, 1.807) is 35.0 Å². The highest BCUT2D eigenvalue weighted by molar-refractivity contribution is 5.53. The molecule has 0 spiro atoms. The van der Waals surface area contributed by atoms with Crippen LogP contribution in [-0.4, -0.2) is 4.57 Å². The molecule has 2 rings (SSSR count). The second-order valence-electron chi connectivity index (χ2n) is 2.97. The molecule has 0 amide bonds. The van der Waals surface area contributed by atoms with E-state index in [0.717, 1.165) is 5.69 Å². The number of hydrogen-bond acceptors (Lipinski definition) is 2. The van der Waals surface area contributed by atoms with Gasteiger partial charge in [0.15, 0.2) is 0 Å². The van der Waals surface area contributed by atoms with Crippen LogP contribution in [0.5, 0.6) is 0 Å². The van der Waals surface area contributed by atoms with Crippen LogP contribution in [0.1, 0.15) is 11.1 Å². The van der Waals surface area contributed by atoms with Gasteiger partial charge in [0.25, 0.3) is 0 Å². The highest BCUT2D eigenvalue weighted by Crippen LogP contribution is 2.15. The zero-order valence-corrected chi connectivity index (χ0v) is 7.81. The molecular weight excluding hydrogens is 186 g/mol. The number of hydrogen-bond donors (Lipinski definition) is 0. The maximum Gasteiger partial charge on any atom is 0.101 e. The largest absolute Gasteiger partial charge is 0.322 e. The second kappa shape index (κ2) is 3.69. The van der Waals surface area contributed by atoms with Gasteiger partial charge in [0.1, 0.15) is 6.07 Å². The summed E-state index contributed by atoms with van der Waals surface area (Å²) < 4.78 is 1.79. The van der Waals surface area contributed by atoms with E-state index in [2.05, 4.69) is 12.1 Å². The molecule has 0 aliphatic carbocycles. The van der Waals surface area contributed by atoms with Gasteiger partial charge in [0, 0.05) is 18.5 Å². The van der Waals surface area contributed by atoms with Gasteiger partial charge in [0.2, 0.25) is 0 Å². The summed E-state index contributed by atoms with van der Waals surface area (Å²) in [7, 11) is 0. The van der Waals surface area contributed by atoms with Crippen LogP contribution in [0.3, 0.4) is 0 Å². The Bertz CT molecular complexity index is 554. The molecule has 0 bridgehead atoms. The van der Waals surface area contributed by atoms with Crippen molar-refractivity contribution in [1.29, 1.82) is 10.5 Å².